The predicted octanol–water partition coefficient (Wildman–Crippen LogP) is 1.03. The maximum absolute atomic E-state index is 12.4. The van der Waals surface area contributed by atoms with Gasteiger partial charge < -0.3 is 19.3 Å². The van der Waals surface area contributed by atoms with Gasteiger partial charge in [-0.1, -0.05) is 13.0 Å². The zero-order valence-electron chi connectivity index (χ0n) is 12.8. The number of methoxy groups -OCH3 is 1. The van der Waals surface area contributed by atoms with E-state index in [-0.39, 0.29) is 19.2 Å². The summed E-state index contributed by atoms with van der Waals surface area (Å²) in [6.45, 7) is 1.46. The summed E-state index contributed by atoms with van der Waals surface area (Å²) in [5.41, 5.74) is -0.854. The van der Waals surface area contributed by atoms with E-state index in [9.17, 15) is 18.3 Å². The van der Waals surface area contributed by atoms with Crippen LogP contribution < -0.4 is 9.47 Å². The van der Waals surface area contributed by atoms with E-state index >= 15 is 0 Å². The van der Waals surface area contributed by atoms with Crippen LogP contribution in [0.4, 0.5) is 0 Å². The molecule has 0 unspecified atom stereocenters. The Kier molecular flexibility index (Phi) is 3.76. The summed E-state index contributed by atoms with van der Waals surface area (Å²) in [5, 5.41) is 8.69. The molecule has 126 valence electrons. The fourth-order valence-corrected chi connectivity index (χ4v) is 5.47. The highest BCUT2D eigenvalue weighted by molar-refractivity contribution is 7.92. The summed E-state index contributed by atoms with van der Waals surface area (Å²) in [7, 11) is -2.17. The summed E-state index contributed by atoms with van der Waals surface area (Å²) in [6.07, 6.45) is 0. The van der Waals surface area contributed by atoms with Gasteiger partial charge >= 0.3 is 5.97 Å². The highest BCUT2D eigenvalue weighted by Gasteiger charge is 2.75. The molecule has 0 saturated heterocycles. The second-order valence-electron chi connectivity index (χ2n) is 5.74. The second kappa shape index (κ2) is 5.38. The van der Waals surface area contributed by atoms with Crippen molar-refractivity contribution in [1.29, 1.82) is 0 Å². The van der Waals surface area contributed by atoms with Crippen molar-refractivity contribution in [3.05, 3.63) is 23.8 Å². The smallest absolute Gasteiger partial charge is 0.314 e. The van der Waals surface area contributed by atoms with Gasteiger partial charge in [0.15, 0.2) is 21.3 Å². The molecule has 1 aromatic carbocycles. The molecule has 1 fully saturated rings. The van der Waals surface area contributed by atoms with Crippen molar-refractivity contribution in [1.82, 2.24) is 0 Å². The van der Waals surface area contributed by atoms with Crippen molar-refractivity contribution in [2.75, 3.05) is 26.3 Å². The number of carboxylic acid groups (broad SMARTS) is 1. The third-order valence-electron chi connectivity index (χ3n) is 4.58. The minimum absolute atomic E-state index is 0.0995. The van der Waals surface area contributed by atoms with E-state index in [0.29, 0.717) is 17.1 Å². The van der Waals surface area contributed by atoms with Gasteiger partial charge in [-0.2, -0.15) is 0 Å². The first-order valence-corrected chi connectivity index (χ1v) is 8.93. The van der Waals surface area contributed by atoms with Crippen LogP contribution in [0.5, 0.6) is 11.5 Å². The molecule has 0 amide bonds. The fourth-order valence-electron chi connectivity index (χ4n) is 3.42. The number of rotatable bonds is 6. The van der Waals surface area contributed by atoms with E-state index in [1.165, 1.54) is 14.0 Å². The van der Waals surface area contributed by atoms with Gasteiger partial charge in [0.25, 0.3) is 0 Å². The Morgan fingerprint density at radius 1 is 1.39 bits per heavy atom. The van der Waals surface area contributed by atoms with Gasteiger partial charge in [0.2, 0.25) is 6.79 Å². The van der Waals surface area contributed by atoms with Gasteiger partial charge in [-0.3, -0.25) is 4.79 Å². The number of hydrogen-bond acceptors (Lipinski definition) is 6. The predicted molar refractivity (Wildman–Crippen MR) is 80.5 cm³/mol. The SMILES string of the molecule is CCS(=O)(=O)[C@@H]1[C@@H](c2ccc3c(c2)OCO3)[C@]1(COC)C(=O)O. The number of benzene rings is 1. The molecular formula is C15H18O7S. The van der Waals surface area contributed by atoms with E-state index < -0.39 is 32.4 Å². The molecule has 1 aliphatic heterocycles. The monoisotopic (exact) mass is 342 g/mol. The molecule has 2 aliphatic rings. The highest BCUT2D eigenvalue weighted by atomic mass is 32.2. The van der Waals surface area contributed by atoms with Crippen molar-refractivity contribution < 1.29 is 32.5 Å². The first kappa shape index (κ1) is 16.1. The minimum Gasteiger partial charge on any atom is -0.481 e. The molecule has 1 heterocycles. The number of sulfone groups is 1. The van der Waals surface area contributed by atoms with Crippen LogP contribution in [0.1, 0.15) is 18.4 Å². The van der Waals surface area contributed by atoms with Crippen LogP contribution in [0, 0.1) is 5.41 Å². The Morgan fingerprint density at radius 3 is 2.70 bits per heavy atom. The van der Waals surface area contributed by atoms with Crippen LogP contribution in [-0.4, -0.2) is 51.0 Å². The molecule has 23 heavy (non-hydrogen) atoms. The van der Waals surface area contributed by atoms with Crippen molar-refractivity contribution >= 4 is 15.8 Å². The molecule has 8 heteroatoms. The number of carbonyl (C=O) groups is 1. The van der Waals surface area contributed by atoms with Crippen LogP contribution >= 0.6 is 0 Å². The van der Waals surface area contributed by atoms with Crippen LogP contribution in [-0.2, 0) is 19.4 Å². The Balaban J connectivity index is 2.06. The molecule has 0 aromatic heterocycles. The average Bonchev–Trinajstić information content (AvgIpc) is 2.99. The van der Waals surface area contributed by atoms with E-state index in [2.05, 4.69) is 0 Å². The largest absolute Gasteiger partial charge is 0.481 e. The number of aliphatic carboxylic acids is 1. The molecular weight excluding hydrogens is 324 g/mol. The van der Waals surface area contributed by atoms with Crippen molar-refractivity contribution in [3.63, 3.8) is 0 Å². The zero-order valence-corrected chi connectivity index (χ0v) is 13.6. The lowest BCUT2D eigenvalue weighted by atomic mass is 9.99. The molecule has 1 N–H and O–H groups in total. The maximum atomic E-state index is 12.4. The van der Waals surface area contributed by atoms with Crippen molar-refractivity contribution in [3.8, 4) is 11.5 Å². The Labute approximate surface area is 134 Å². The third-order valence-corrected chi connectivity index (χ3v) is 6.85. The zero-order chi connectivity index (χ0) is 16.8. The fraction of sp³-hybridized carbons (Fsp3) is 0.533. The molecule has 1 aliphatic carbocycles. The standard InChI is InChI=1S/C15H18O7S/c1-3-23(18,19)13-12(15(13,7-20-2)14(16)17)9-4-5-10-11(6-9)22-8-21-10/h4-6,12-13H,3,7-8H2,1-2H3,(H,16,17)/t12-,13-,15+/m1/s1. The Hall–Kier alpha value is -1.80. The lowest BCUT2D eigenvalue weighted by Crippen LogP contribution is -2.29. The van der Waals surface area contributed by atoms with Crippen LogP contribution in [0.2, 0.25) is 0 Å². The van der Waals surface area contributed by atoms with E-state index in [1.807, 2.05) is 0 Å². The van der Waals surface area contributed by atoms with Crippen molar-refractivity contribution in [2.45, 2.75) is 18.1 Å². The number of carboxylic acids is 1. The van der Waals surface area contributed by atoms with Crippen LogP contribution in [0.3, 0.4) is 0 Å². The quantitative estimate of drug-likeness (QED) is 0.824. The van der Waals surface area contributed by atoms with Crippen LogP contribution in [0.15, 0.2) is 18.2 Å². The van der Waals surface area contributed by atoms with Gasteiger partial charge in [-0.05, 0) is 17.7 Å². The lowest BCUT2D eigenvalue weighted by Gasteiger charge is -2.11. The molecule has 3 rings (SSSR count). The van der Waals surface area contributed by atoms with E-state index in [4.69, 9.17) is 14.2 Å². The number of ether oxygens (including phenoxy) is 3. The molecule has 1 aromatic rings. The molecule has 0 spiro atoms. The Morgan fingerprint density at radius 2 is 2.09 bits per heavy atom. The molecule has 0 bridgehead atoms. The van der Waals surface area contributed by atoms with Crippen molar-refractivity contribution in [2.24, 2.45) is 5.41 Å². The van der Waals surface area contributed by atoms with Gasteiger partial charge in [0.05, 0.1) is 11.9 Å². The normalized spacial score (nSPS) is 28.6. The first-order chi connectivity index (χ1) is 10.9. The van der Waals surface area contributed by atoms with Gasteiger partial charge in [-0.15, -0.1) is 0 Å². The number of fused-ring (bicyclic) bond motifs is 1. The van der Waals surface area contributed by atoms with E-state index in [0.717, 1.165) is 0 Å². The molecule has 7 nitrogen and oxygen atoms in total. The van der Waals surface area contributed by atoms with E-state index in [1.54, 1.807) is 18.2 Å². The summed E-state index contributed by atoms with van der Waals surface area (Å²) >= 11 is 0. The van der Waals surface area contributed by atoms with Gasteiger partial charge in [0, 0.05) is 18.8 Å². The first-order valence-electron chi connectivity index (χ1n) is 7.22. The number of hydrogen-bond donors (Lipinski definition) is 1. The van der Waals surface area contributed by atoms with Gasteiger partial charge in [0.1, 0.15) is 5.41 Å². The maximum Gasteiger partial charge on any atom is 0.314 e. The third kappa shape index (κ3) is 2.28. The lowest BCUT2D eigenvalue weighted by molar-refractivity contribution is -0.145. The second-order valence-corrected chi connectivity index (χ2v) is 8.15. The molecule has 1 saturated carbocycles. The minimum atomic E-state index is -3.54. The molecule has 3 atom stereocenters. The van der Waals surface area contributed by atoms with Gasteiger partial charge in [-0.25, -0.2) is 8.42 Å². The summed E-state index contributed by atoms with van der Waals surface area (Å²) in [6, 6.07) is 5.02. The molecule has 0 radical (unpaired) electrons. The topological polar surface area (TPSA) is 99.1 Å². The summed E-state index contributed by atoms with van der Waals surface area (Å²) < 4.78 is 40.4. The Bertz CT molecular complexity index is 742. The highest BCUT2D eigenvalue weighted by Crippen LogP contribution is 2.64. The summed E-state index contributed by atoms with van der Waals surface area (Å²) in [5.74, 6) is -0.878. The average molecular weight is 342 g/mol. The van der Waals surface area contributed by atoms with Crippen LogP contribution in [0.25, 0.3) is 0 Å². The summed E-state index contributed by atoms with van der Waals surface area (Å²) in [4.78, 5) is 11.9.